The second kappa shape index (κ2) is 7.05. The van der Waals surface area contributed by atoms with Crippen molar-refractivity contribution in [3.05, 3.63) is 108 Å². The molecule has 0 amide bonds. The van der Waals surface area contributed by atoms with Crippen LogP contribution >= 0.6 is 0 Å². The van der Waals surface area contributed by atoms with Crippen molar-refractivity contribution in [3.63, 3.8) is 0 Å². The Balaban J connectivity index is 1.91. The zero-order valence-corrected chi connectivity index (χ0v) is 14.5. The Kier molecular flexibility index (Phi) is 4.42. The van der Waals surface area contributed by atoms with E-state index in [2.05, 4.69) is 9.97 Å². The predicted octanol–water partition coefficient (Wildman–Crippen LogP) is 5.01. The van der Waals surface area contributed by atoms with E-state index in [0.717, 1.165) is 11.6 Å². The van der Waals surface area contributed by atoms with Gasteiger partial charge in [-0.05, 0) is 24.3 Å². The molecule has 0 aliphatic rings. The molecule has 0 aliphatic carbocycles. The molecular formula is C22H13F2N3O. The van der Waals surface area contributed by atoms with E-state index in [1.807, 2.05) is 36.4 Å². The van der Waals surface area contributed by atoms with Crippen LogP contribution in [-0.2, 0) is 5.67 Å². The van der Waals surface area contributed by atoms with Crippen LogP contribution in [0, 0.1) is 17.1 Å². The summed E-state index contributed by atoms with van der Waals surface area (Å²) in [5.41, 5.74) is -1.87. The third-order valence-electron chi connectivity index (χ3n) is 4.43. The minimum Gasteiger partial charge on any atom is -0.457 e. The van der Waals surface area contributed by atoms with Crippen molar-refractivity contribution >= 4 is 0 Å². The number of nitriles is 1. The summed E-state index contributed by atoms with van der Waals surface area (Å²) in [5.74, 6) is -0.517. The van der Waals surface area contributed by atoms with Gasteiger partial charge in [-0.1, -0.05) is 36.4 Å². The van der Waals surface area contributed by atoms with Gasteiger partial charge in [0.05, 0.1) is 11.6 Å². The zero-order chi connectivity index (χ0) is 19.6. The molecule has 4 aromatic rings. The first-order valence-corrected chi connectivity index (χ1v) is 8.43. The Morgan fingerprint density at radius 3 is 2.39 bits per heavy atom. The molecule has 1 atom stereocenters. The van der Waals surface area contributed by atoms with Gasteiger partial charge in [0, 0.05) is 29.1 Å². The lowest BCUT2D eigenvalue weighted by Gasteiger charge is -2.24. The fourth-order valence-corrected chi connectivity index (χ4v) is 3.05. The van der Waals surface area contributed by atoms with Crippen molar-refractivity contribution in [2.45, 2.75) is 5.67 Å². The Morgan fingerprint density at radius 1 is 0.964 bits per heavy atom. The molecule has 0 aliphatic heterocycles. The number of rotatable bonds is 4. The first kappa shape index (κ1) is 17.6. The van der Waals surface area contributed by atoms with Crippen molar-refractivity contribution in [1.29, 1.82) is 5.26 Å². The van der Waals surface area contributed by atoms with Crippen LogP contribution in [-0.4, -0.2) is 9.97 Å². The smallest absolute Gasteiger partial charge is 0.223 e. The fraction of sp³-hybridized carbons (Fsp3) is 0.0455. The Labute approximate surface area is 159 Å². The first-order chi connectivity index (χ1) is 13.6. The van der Waals surface area contributed by atoms with Gasteiger partial charge in [0.25, 0.3) is 0 Å². The maximum absolute atomic E-state index is 16.5. The van der Waals surface area contributed by atoms with Crippen LogP contribution in [0.2, 0.25) is 0 Å². The molecule has 28 heavy (non-hydrogen) atoms. The molecule has 0 radical (unpaired) electrons. The number of furan rings is 1. The van der Waals surface area contributed by atoms with Gasteiger partial charge in [-0.3, -0.25) is 0 Å². The molecule has 0 N–H and O–H groups in total. The largest absolute Gasteiger partial charge is 0.457 e. The molecule has 2 aromatic carbocycles. The molecule has 0 saturated heterocycles. The van der Waals surface area contributed by atoms with Crippen LogP contribution in [0.4, 0.5) is 8.78 Å². The van der Waals surface area contributed by atoms with Crippen molar-refractivity contribution in [3.8, 4) is 17.4 Å². The Bertz CT molecular complexity index is 1150. The Hall–Kier alpha value is -3.85. The minimum absolute atomic E-state index is 0.0209. The molecule has 0 fully saturated rings. The second-order valence-electron chi connectivity index (χ2n) is 6.12. The van der Waals surface area contributed by atoms with Gasteiger partial charge >= 0.3 is 0 Å². The lowest BCUT2D eigenvalue weighted by molar-refractivity contribution is 0.225. The van der Waals surface area contributed by atoms with Crippen molar-refractivity contribution in [2.24, 2.45) is 0 Å². The summed E-state index contributed by atoms with van der Waals surface area (Å²) in [4.78, 5) is 7.73. The minimum atomic E-state index is -2.47. The highest BCUT2D eigenvalue weighted by molar-refractivity contribution is 5.58. The second-order valence-corrected chi connectivity index (χ2v) is 6.12. The van der Waals surface area contributed by atoms with Gasteiger partial charge in [0.1, 0.15) is 17.9 Å². The third-order valence-corrected chi connectivity index (χ3v) is 4.43. The number of benzene rings is 2. The summed E-state index contributed by atoms with van der Waals surface area (Å²) in [6.45, 7) is 0. The van der Waals surface area contributed by atoms with Gasteiger partial charge in [0.2, 0.25) is 5.67 Å². The van der Waals surface area contributed by atoms with Gasteiger partial charge < -0.3 is 4.42 Å². The van der Waals surface area contributed by atoms with E-state index < -0.39 is 11.5 Å². The normalized spacial score (nSPS) is 12.9. The zero-order valence-electron chi connectivity index (χ0n) is 14.5. The van der Waals surface area contributed by atoms with Gasteiger partial charge in [0.15, 0.2) is 5.76 Å². The van der Waals surface area contributed by atoms with E-state index in [0.29, 0.717) is 5.76 Å². The Morgan fingerprint density at radius 2 is 1.71 bits per heavy atom. The summed E-state index contributed by atoms with van der Waals surface area (Å²) < 4.78 is 37.1. The molecule has 4 nitrogen and oxygen atoms in total. The molecule has 1 unspecified atom stereocenters. The molecule has 0 bridgehead atoms. The average molecular weight is 373 g/mol. The van der Waals surface area contributed by atoms with Crippen LogP contribution in [0.1, 0.15) is 22.5 Å². The molecule has 2 heterocycles. The van der Waals surface area contributed by atoms with Crippen LogP contribution in [0.15, 0.2) is 83.8 Å². The molecule has 0 saturated carbocycles. The number of aromatic nitrogens is 2. The van der Waals surface area contributed by atoms with Crippen LogP contribution in [0.3, 0.4) is 0 Å². The van der Waals surface area contributed by atoms with Crippen molar-refractivity contribution < 1.29 is 13.2 Å². The van der Waals surface area contributed by atoms with E-state index in [4.69, 9.17) is 9.68 Å². The molecule has 2 aromatic heterocycles. The summed E-state index contributed by atoms with van der Waals surface area (Å²) in [7, 11) is 0. The van der Waals surface area contributed by atoms with Crippen molar-refractivity contribution in [1.82, 2.24) is 9.97 Å². The fourth-order valence-electron chi connectivity index (χ4n) is 3.05. The highest BCUT2D eigenvalue weighted by atomic mass is 19.1. The predicted molar refractivity (Wildman–Crippen MR) is 98.3 cm³/mol. The van der Waals surface area contributed by atoms with Gasteiger partial charge in [-0.15, -0.1) is 0 Å². The van der Waals surface area contributed by atoms with E-state index in [9.17, 15) is 4.39 Å². The SMILES string of the molecule is N#Cc1ccc(C(F)(c2cncnc2)c2ccc(-c3ccccc3)o2)c(F)c1. The van der Waals surface area contributed by atoms with Crippen LogP contribution in [0.25, 0.3) is 11.3 Å². The maximum Gasteiger partial charge on any atom is 0.223 e. The monoisotopic (exact) mass is 373 g/mol. The van der Waals surface area contributed by atoms with E-state index >= 15 is 4.39 Å². The average Bonchev–Trinajstić information content (AvgIpc) is 3.25. The topological polar surface area (TPSA) is 62.7 Å². The van der Waals surface area contributed by atoms with E-state index in [1.54, 1.807) is 6.07 Å². The number of hydrogen-bond donors (Lipinski definition) is 0. The highest BCUT2D eigenvalue weighted by Gasteiger charge is 2.42. The summed E-state index contributed by atoms with van der Waals surface area (Å²) in [6, 6.07) is 17.7. The summed E-state index contributed by atoms with van der Waals surface area (Å²) in [5, 5.41) is 8.97. The van der Waals surface area contributed by atoms with Gasteiger partial charge in [-0.25, -0.2) is 18.7 Å². The van der Waals surface area contributed by atoms with Crippen LogP contribution in [0.5, 0.6) is 0 Å². The molecule has 4 rings (SSSR count). The molecule has 136 valence electrons. The quantitative estimate of drug-likeness (QED) is 0.504. The molecule has 6 heteroatoms. The van der Waals surface area contributed by atoms with Gasteiger partial charge in [-0.2, -0.15) is 5.26 Å². The lowest BCUT2D eigenvalue weighted by Crippen LogP contribution is -2.25. The summed E-state index contributed by atoms with van der Waals surface area (Å²) >= 11 is 0. The molecule has 0 spiro atoms. The standard InChI is InChI=1S/C22H13F2N3O/c23-19-10-15(11-25)6-7-18(19)22(24,17-12-26-14-27-13-17)21-9-8-20(28-21)16-4-2-1-3-5-16/h1-10,12-14H. The lowest BCUT2D eigenvalue weighted by atomic mass is 9.86. The third kappa shape index (κ3) is 2.93. The number of hydrogen-bond acceptors (Lipinski definition) is 4. The van der Waals surface area contributed by atoms with Crippen molar-refractivity contribution in [2.75, 3.05) is 0 Å². The van der Waals surface area contributed by atoms with E-state index in [-0.39, 0.29) is 22.5 Å². The first-order valence-electron chi connectivity index (χ1n) is 8.43. The highest BCUT2D eigenvalue weighted by Crippen LogP contribution is 2.43. The number of nitrogens with zero attached hydrogens (tertiary/aromatic N) is 3. The van der Waals surface area contributed by atoms with E-state index in [1.165, 1.54) is 36.9 Å². The number of halogens is 2. The maximum atomic E-state index is 16.5. The summed E-state index contributed by atoms with van der Waals surface area (Å²) in [6.07, 6.45) is 3.81. The molecular weight excluding hydrogens is 360 g/mol. The number of alkyl halides is 1. The van der Waals surface area contributed by atoms with Crippen LogP contribution < -0.4 is 0 Å².